The molecule has 5 nitrogen and oxygen atoms in total. The highest BCUT2D eigenvalue weighted by atomic mass is 79.9. The summed E-state index contributed by atoms with van der Waals surface area (Å²) in [6, 6.07) is 19.5. The molecule has 0 aliphatic rings. The molecule has 0 atom stereocenters. The van der Waals surface area contributed by atoms with Crippen LogP contribution in [-0.4, -0.2) is 18.4 Å². The van der Waals surface area contributed by atoms with Gasteiger partial charge in [-0.1, -0.05) is 69.5 Å². The second-order valence-electron chi connectivity index (χ2n) is 6.26. The summed E-state index contributed by atoms with van der Waals surface area (Å²) in [5.41, 5.74) is 6.33. The Kier molecular flexibility index (Phi) is 7.74. The predicted molar refractivity (Wildman–Crippen MR) is 121 cm³/mol. The quantitative estimate of drug-likeness (QED) is 0.436. The molecule has 0 fully saturated rings. The van der Waals surface area contributed by atoms with Crippen LogP contribution >= 0.6 is 39.1 Å². The summed E-state index contributed by atoms with van der Waals surface area (Å²) in [6.07, 6.45) is 0.698. The van der Waals surface area contributed by atoms with Gasteiger partial charge >= 0.3 is 0 Å². The summed E-state index contributed by atoms with van der Waals surface area (Å²) in [5.74, 6) is -0.679. The second-order valence-corrected chi connectivity index (χ2v) is 8.02. The third-order valence-corrected chi connectivity index (χ3v) is 5.18. The summed E-state index contributed by atoms with van der Waals surface area (Å²) in [5, 5.41) is 0.591. The van der Waals surface area contributed by atoms with Crippen molar-refractivity contribution in [3.63, 3.8) is 0 Å². The van der Waals surface area contributed by atoms with Crippen molar-refractivity contribution in [3.05, 3.63) is 97.9 Å². The molecule has 0 unspecified atom stereocenters. The van der Waals surface area contributed by atoms with Crippen molar-refractivity contribution >= 4 is 50.9 Å². The van der Waals surface area contributed by atoms with Gasteiger partial charge in [0.25, 0.3) is 11.8 Å². The molecule has 0 aromatic heterocycles. The van der Waals surface area contributed by atoms with Crippen LogP contribution in [0.4, 0.5) is 0 Å². The van der Waals surface area contributed by atoms with Crippen LogP contribution in [0.2, 0.25) is 10.0 Å². The van der Waals surface area contributed by atoms with E-state index in [1.54, 1.807) is 18.2 Å². The van der Waals surface area contributed by atoms with E-state index in [0.29, 0.717) is 28.3 Å². The molecule has 0 heterocycles. The Morgan fingerprint density at radius 2 is 1.57 bits per heavy atom. The minimum absolute atomic E-state index is 0.182. The molecule has 0 bridgehead atoms. The van der Waals surface area contributed by atoms with E-state index >= 15 is 0 Å². The highest BCUT2D eigenvalue weighted by molar-refractivity contribution is 9.10. The smallest absolute Gasteiger partial charge is 0.273 e. The van der Waals surface area contributed by atoms with Gasteiger partial charge in [0, 0.05) is 15.9 Å². The van der Waals surface area contributed by atoms with Crippen LogP contribution in [0.1, 0.15) is 26.3 Å². The monoisotopic (exact) mass is 506 g/mol. The summed E-state index contributed by atoms with van der Waals surface area (Å²) in [4.78, 5) is 24.9. The van der Waals surface area contributed by atoms with E-state index in [4.69, 9.17) is 27.9 Å². The molecule has 30 heavy (non-hydrogen) atoms. The molecule has 0 spiro atoms. The molecule has 3 rings (SSSR count). The fourth-order valence-electron chi connectivity index (χ4n) is 2.65. The molecular formula is C22H17BrCl2N2O3. The Morgan fingerprint density at radius 1 is 0.867 bits per heavy atom. The van der Waals surface area contributed by atoms with E-state index in [1.807, 2.05) is 30.3 Å². The van der Waals surface area contributed by atoms with Crippen LogP contribution in [-0.2, 0) is 6.42 Å². The number of ether oxygens (including phenoxy) is 1. The minimum Gasteiger partial charge on any atom is -0.492 e. The van der Waals surface area contributed by atoms with E-state index in [2.05, 4.69) is 26.8 Å². The van der Waals surface area contributed by atoms with Crippen LogP contribution in [0.15, 0.2) is 71.2 Å². The number of hydrogen-bond donors (Lipinski definition) is 2. The van der Waals surface area contributed by atoms with Gasteiger partial charge in [-0.2, -0.15) is 0 Å². The van der Waals surface area contributed by atoms with E-state index in [1.165, 1.54) is 18.2 Å². The van der Waals surface area contributed by atoms with Crippen LogP contribution in [0.25, 0.3) is 0 Å². The van der Waals surface area contributed by atoms with Crippen molar-refractivity contribution in [2.75, 3.05) is 6.61 Å². The van der Waals surface area contributed by atoms with Crippen molar-refractivity contribution in [2.24, 2.45) is 0 Å². The van der Waals surface area contributed by atoms with E-state index < -0.39 is 11.8 Å². The molecular weight excluding hydrogens is 491 g/mol. The van der Waals surface area contributed by atoms with Gasteiger partial charge in [0.05, 0.1) is 22.8 Å². The van der Waals surface area contributed by atoms with Gasteiger partial charge in [0.2, 0.25) is 0 Å². The predicted octanol–water partition coefficient (Wildman–Crippen LogP) is 5.45. The fraction of sp³-hybridized carbons (Fsp3) is 0.0909. The maximum absolute atomic E-state index is 12.6. The number of carbonyl (C=O) groups is 2. The number of halogens is 3. The standard InChI is InChI=1S/C22H17BrCl2N2O3/c23-15-6-9-20(30-11-10-14-4-2-1-3-5-14)18(12-15)22(29)27-26-21(28)17-8-7-16(24)13-19(17)25/h1-9,12-13H,10-11H2,(H,26,28)(H,27,29). The highest BCUT2D eigenvalue weighted by Gasteiger charge is 2.16. The zero-order valence-electron chi connectivity index (χ0n) is 15.6. The first kappa shape index (κ1) is 22.2. The summed E-state index contributed by atoms with van der Waals surface area (Å²) in [6.45, 7) is 0.401. The van der Waals surface area contributed by atoms with Gasteiger partial charge in [0.15, 0.2) is 0 Å². The molecule has 0 aliphatic carbocycles. The molecule has 3 aromatic carbocycles. The van der Waals surface area contributed by atoms with Gasteiger partial charge in [-0.25, -0.2) is 0 Å². The maximum atomic E-state index is 12.6. The maximum Gasteiger partial charge on any atom is 0.273 e. The van der Waals surface area contributed by atoms with Crippen molar-refractivity contribution in [1.82, 2.24) is 10.9 Å². The number of hydrazine groups is 1. The van der Waals surface area contributed by atoms with Gasteiger partial charge < -0.3 is 4.74 Å². The molecule has 0 aliphatic heterocycles. The molecule has 0 saturated carbocycles. The first-order valence-electron chi connectivity index (χ1n) is 8.96. The third kappa shape index (κ3) is 5.98. The van der Waals surface area contributed by atoms with Gasteiger partial charge in [-0.15, -0.1) is 0 Å². The lowest BCUT2D eigenvalue weighted by molar-refractivity contribution is 0.0844. The number of rotatable bonds is 6. The number of hydrogen-bond acceptors (Lipinski definition) is 3. The van der Waals surface area contributed by atoms with Crippen LogP contribution in [0.3, 0.4) is 0 Å². The summed E-state index contributed by atoms with van der Waals surface area (Å²) < 4.78 is 6.51. The first-order valence-corrected chi connectivity index (χ1v) is 10.5. The number of amides is 2. The lowest BCUT2D eigenvalue weighted by atomic mass is 10.1. The minimum atomic E-state index is -0.563. The summed E-state index contributed by atoms with van der Waals surface area (Å²) >= 11 is 15.2. The average Bonchev–Trinajstić information content (AvgIpc) is 2.73. The van der Waals surface area contributed by atoms with Gasteiger partial charge in [-0.05, 0) is 42.0 Å². The molecule has 2 amide bonds. The van der Waals surface area contributed by atoms with Crippen LogP contribution in [0.5, 0.6) is 5.75 Å². The summed E-state index contributed by atoms with van der Waals surface area (Å²) in [7, 11) is 0. The molecule has 0 saturated heterocycles. The Morgan fingerprint density at radius 3 is 2.27 bits per heavy atom. The van der Waals surface area contributed by atoms with Crippen LogP contribution < -0.4 is 15.6 Å². The Labute approximate surface area is 192 Å². The largest absolute Gasteiger partial charge is 0.492 e. The topological polar surface area (TPSA) is 67.4 Å². The van der Waals surface area contributed by atoms with E-state index in [9.17, 15) is 9.59 Å². The molecule has 2 N–H and O–H groups in total. The Balaban J connectivity index is 1.64. The van der Waals surface area contributed by atoms with Crippen molar-refractivity contribution < 1.29 is 14.3 Å². The number of nitrogens with one attached hydrogen (secondary N) is 2. The number of benzene rings is 3. The average molecular weight is 508 g/mol. The Bertz CT molecular complexity index is 1060. The zero-order chi connectivity index (χ0) is 21.5. The molecule has 3 aromatic rings. The van der Waals surface area contributed by atoms with Crippen molar-refractivity contribution in [3.8, 4) is 5.75 Å². The van der Waals surface area contributed by atoms with Gasteiger partial charge in [-0.3, -0.25) is 20.4 Å². The zero-order valence-corrected chi connectivity index (χ0v) is 18.7. The lowest BCUT2D eigenvalue weighted by Gasteiger charge is -2.13. The first-order chi connectivity index (χ1) is 14.4. The van der Waals surface area contributed by atoms with E-state index in [-0.39, 0.29) is 16.1 Å². The molecule has 154 valence electrons. The molecule has 0 radical (unpaired) electrons. The highest BCUT2D eigenvalue weighted by Crippen LogP contribution is 2.24. The molecule has 8 heteroatoms. The van der Waals surface area contributed by atoms with Crippen molar-refractivity contribution in [2.45, 2.75) is 6.42 Å². The van der Waals surface area contributed by atoms with E-state index in [0.717, 1.165) is 5.56 Å². The van der Waals surface area contributed by atoms with Crippen LogP contribution in [0, 0.1) is 0 Å². The Hall–Kier alpha value is -2.54. The van der Waals surface area contributed by atoms with Crippen molar-refractivity contribution in [1.29, 1.82) is 0 Å². The normalized spacial score (nSPS) is 10.4. The fourth-order valence-corrected chi connectivity index (χ4v) is 3.51. The number of carbonyl (C=O) groups excluding carboxylic acids is 2. The second kappa shape index (κ2) is 10.5. The lowest BCUT2D eigenvalue weighted by Crippen LogP contribution is -2.41. The SMILES string of the molecule is O=C(NNC(=O)c1cc(Br)ccc1OCCc1ccccc1)c1ccc(Cl)cc1Cl. The third-order valence-electron chi connectivity index (χ3n) is 4.14. The van der Waals surface area contributed by atoms with Gasteiger partial charge in [0.1, 0.15) is 5.75 Å².